The average molecular weight is 398 g/mol. The zero-order valence-corrected chi connectivity index (χ0v) is 19.5. The Morgan fingerprint density at radius 2 is 1.48 bits per heavy atom. The van der Waals surface area contributed by atoms with Crippen LogP contribution in [-0.2, 0) is 4.79 Å². The Kier molecular flexibility index (Phi) is 10.8. The van der Waals surface area contributed by atoms with Crippen molar-refractivity contribution in [2.24, 2.45) is 11.8 Å². The molecule has 2 unspecified atom stereocenters. The highest BCUT2D eigenvalue weighted by Gasteiger charge is 2.42. The lowest BCUT2D eigenvalue weighted by Crippen LogP contribution is -2.46. The van der Waals surface area contributed by atoms with E-state index >= 15 is 0 Å². The van der Waals surface area contributed by atoms with Crippen LogP contribution >= 0.6 is 12.2 Å². The third kappa shape index (κ3) is 7.69. The second-order valence-electron chi connectivity index (χ2n) is 8.80. The summed E-state index contributed by atoms with van der Waals surface area (Å²) in [5, 5.41) is 3.76. The summed E-state index contributed by atoms with van der Waals surface area (Å²) in [6.07, 6.45) is 10.0. The molecule has 1 aliphatic rings. The fraction of sp³-hybridized carbons (Fsp3) is 0.909. The Morgan fingerprint density at radius 3 is 1.81 bits per heavy atom. The summed E-state index contributed by atoms with van der Waals surface area (Å²) in [7, 11) is 0. The van der Waals surface area contributed by atoms with Crippen LogP contribution in [0.4, 0.5) is 0 Å². The summed E-state index contributed by atoms with van der Waals surface area (Å²) in [6.45, 7) is 15.7. The van der Waals surface area contributed by atoms with Crippen molar-refractivity contribution in [3.05, 3.63) is 0 Å². The summed E-state index contributed by atoms with van der Waals surface area (Å²) in [4.78, 5) is 17.1. The third-order valence-corrected chi connectivity index (χ3v) is 6.23. The van der Waals surface area contributed by atoms with Crippen LogP contribution in [0.25, 0.3) is 0 Å². The van der Waals surface area contributed by atoms with E-state index in [-0.39, 0.29) is 5.91 Å². The Balaban J connectivity index is 2.85. The van der Waals surface area contributed by atoms with Crippen molar-refractivity contribution in [3.63, 3.8) is 0 Å². The van der Waals surface area contributed by atoms with E-state index in [0.717, 1.165) is 13.1 Å². The van der Waals surface area contributed by atoms with Gasteiger partial charge in [-0.2, -0.15) is 0 Å². The summed E-state index contributed by atoms with van der Waals surface area (Å²) in [5.74, 6) is 1.49. The van der Waals surface area contributed by atoms with E-state index in [0.29, 0.717) is 23.6 Å². The SMILES string of the molecule is CCCCC(CC)CN(CC(CC)CCCC)CN1C(=O)C(C)(C)NC1=S. The molecule has 5 heteroatoms. The highest BCUT2D eigenvalue weighted by Crippen LogP contribution is 2.22. The molecule has 0 aliphatic carbocycles. The third-order valence-electron chi connectivity index (χ3n) is 5.91. The Labute approximate surface area is 173 Å². The summed E-state index contributed by atoms with van der Waals surface area (Å²) in [5.41, 5.74) is -0.582. The molecule has 1 fully saturated rings. The van der Waals surface area contributed by atoms with Crippen LogP contribution in [0, 0.1) is 11.8 Å². The zero-order valence-electron chi connectivity index (χ0n) is 18.6. The smallest absolute Gasteiger partial charge is 0.255 e. The van der Waals surface area contributed by atoms with E-state index in [1.54, 1.807) is 4.90 Å². The molecule has 0 bridgehead atoms. The van der Waals surface area contributed by atoms with Crippen LogP contribution in [0.2, 0.25) is 0 Å². The van der Waals surface area contributed by atoms with Crippen molar-refractivity contribution in [3.8, 4) is 0 Å². The topological polar surface area (TPSA) is 35.6 Å². The number of unbranched alkanes of at least 4 members (excludes halogenated alkanes) is 2. The monoisotopic (exact) mass is 397 g/mol. The van der Waals surface area contributed by atoms with Crippen molar-refractivity contribution in [1.29, 1.82) is 0 Å². The molecule has 158 valence electrons. The van der Waals surface area contributed by atoms with Crippen molar-refractivity contribution in [2.45, 2.75) is 98.4 Å². The number of rotatable bonds is 14. The van der Waals surface area contributed by atoms with Crippen molar-refractivity contribution >= 4 is 23.2 Å². The number of nitrogens with one attached hydrogen (secondary N) is 1. The standard InChI is InChI=1S/C22H43N3OS/c1-7-11-13-18(9-3)15-24(16-19(10-4)14-12-8-2)17-25-20(26)22(5,6)23-21(25)27/h18-19H,7-17H2,1-6H3,(H,23,27). The van der Waals surface area contributed by atoms with Crippen LogP contribution in [0.15, 0.2) is 0 Å². The highest BCUT2D eigenvalue weighted by molar-refractivity contribution is 7.80. The Bertz CT molecular complexity index is 448. The second-order valence-corrected chi connectivity index (χ2v) is 9.19. The maximum absolute atomic E-state index is 12.8. The molecule has 1 rings (SSSR count). The predicted molar refractivity (Wildman–Crippen MR) is 120 cm³/mol. The summed E-state index contributed by atoms with van der Waals surface area (Å²) < 4.78 is 0. The maximum Gasteiger partial charge on any atom is 0.255 e. The van der Waals surface area contributed by atoms with Crippen LogP contribution < -0.4 is 5.32 Å². The van der Waals surface area contributed by atoms with Crippen molar-refractivity contribution in [1.82, 2.24) is 15.1 Å². The van der Waals surface area contributed by atoms with Crippen LogP contribution in [0.5, 0.6) is 0 Å². The van der Waals surface area contributed by atoms with Crippen LogP contribution in [0.3, 0.4) is 0 Å². The molecule has 1 heterocycles. The van der Waals surface area contributed by atoms with E-state index in [2.05, 4.69) is 37.9 Å². The van der Waals surface area contributed by atoms with E-state index in [1.165, 1.54) is 51.4 Å². The van der Waals surface area contributed by atoms with Gasteiger partial charge >= 0.3 is 0 Å². The number of carbonyl (C=O) groups is 1. The van der Waals surface area contributed by atoms with E-state index in [4.69, 9.17) is 12.2 Å². The minimum Gasteiger partial charge on any atom is -0.348 e. The first-order valence-electron chi connectivity index (χ1n) is 11.1. The molecule has 1 amide bonds. The van der Waals surface area contributed by atoms with Gasteiger partial charge in [0.25, 0.3) is 5.91 Å². The fourth-order valence-corrected chi connectivity index (χ4v) is 4.30. The largest absolute Gasteiger partial charge is 0.348 e. The van der Waals surface area contributed by atoms with Gasteiger partial charge in [0.1, 0.15) is 5.54 Å². The molecule has 0 saturated carbocycles. The van der Waals surface area contributed by atoms with E-state index < -0.39 is 5.54 Å². The Hall–Kier alpha value is -0.680. The predicted octanol–water partition coefficient (Wildman–Crippen LogP) is 5.17. The lowest BCUT2D eigenvalue weighted by molar-refractivity contribution is -0.131. The number of carbonyl (C=O) groups excluding carboxylic acids is 1. The first kappa shape index (κ1) is 24.4. The number of hydrogen-bond acceptors (Lipinski definition) is 3. The normalized spacial score (nSPS) is 18.9. The first-order valence-corrected chi connectivity index (χ1v) is 11.6. The van der Waals surface area contributed by atoms with Gasteiger partial charge in [-0.15, -0.1) is 0 Å². The fourth-order valence-electron chi connectivity index (χ4n) is 3.90. The molecule has 4 nitrogen and oxygen atoms in total. The molecular formula is C22H43N3OS. The molecular weight excluding hydrogens is 354 g/mol. The number of thiocarbonyl (C=S) groups is 1. The second kappa shape index (κ2) is 12.0. The zero-order chi connectivity index (χ0) is 20.4. The first-order chi connectivity index (χ1) is 12.8. The van der Waals surface area contributed by atoms with Crippen LogP contribution in [0.1, 0.15) is 92.9 Å². The van der Waals surface area contributed by atoms with E-state index in [9.17, 15) is 4.79 Å². The molecule has 1 saturated heterocycles. The van der Waals surface area contributed by atoms with Gasteiger partial charge < -0.3 is 5.32 Å². The minimum absolute atomic E-state index is 0.0979. The molecule has 0 aromatic heterocycles. The number of amides is 1. The summed E-state index contributed by atoms with van der Waals surface area (Å²) in [6, 6.07) is 0. The average Bonchev–Trinajstić information content (AvgIpc) is 2.83. The lowest BCUT2D eigenvalue weighted by Gasteiger charge is -2.33. The van der Waals surface area contributed by atoms with Gasteiger partial charge in [0.2, 0.25) is 0 Å². The van der Waals surface area contributed by atoms with Gasteiger partial charge in [-0.05, 0) is 50.7 Å². The van der Waals surface area contributed by atoms with E-state index in [1.807, 2.05) is 13.8 Å². The molecule has 0 aromatic carbocycles. The lowest BCUT2D eigenvalue weighted by atomic mass is 9.96. The van der Waals surface area contributed by atoms with Gasteiger partial charge in [0, 0.05) is 13.1 Å². The van der Waals surface area contributed by atoms with Gasteiger partial charge in [-0.1, -0.05) is 66.2 Å². The van der Waals surface area contributed by atoms with Gasteiger partial charge in [-0.3, -0.25) is 14.6 Å². The molecule has 0 spiro atoms. The number of hydrogen-bond donors (Lipinski definition) is 1. The molecule has 0 radical (unpaired) electrons. The van der Waals surface area contributed by atoms with Crippen molar-refractivity contribution in [2.75, 3.05) is 19.8 Å². The Morgan fingerprint density at radius 1 is 1.00 bits per heavy atom. The van der Waals surface area contributed by atoms with Gasteiger partial charge in [0.15, 0.2) is 5.11 Å². The van der Waals surface area contributed by atoms with Crippen molar-refractivity contribution < 1.29 is 4.79 Å². The molecule has 27 heavy (non-hydrogen) atoms. The highest BCUT2D eigenvalue weighted by atomic mass is 32.1. The van der Waals surface area contributed by atoms with Gasteiger partial charge in [-0.25, -0.2) is 0 Å². The number of nitrogens with zero attached hydrogens (tertiary/aromatic N) is 2. The quantitative estimate of drug-likeness (QED) is 0.410. The molecule has 2 atom stereocenters. The molecule has 1 N–H and O–H groups in total. The maximum atomic E-state index is 12.8. The van der Waals surface area contributed by atoms with Crippen LogP contribution in [-0.4, -0.2) is 46.1 Å². The minimum atomic E-state index is -0.582. The molecule has 0 aromatic rings. The van der Waals surface area contributed by atoms with Gasteiger partial charge in [0.05, 0.1) is 6.67 Å². The molecule has 1 aliphatic heterocycles. The summed E-state index contributed by atoms with van der Waals surface area (Å²) >= 11 is 5.48.